The summed E-state index contributed by atoms with van der Waals surface area (Å²) in [4.78, 5) is 17.9. The van der Waals surface area contributed by atoms with Gasteiger partial charge in [-0.15, -0.1) is 11.3 Å². The number of carbonyl (C=O) groups is 1. The molecule has 0 aliphatic heterocycles. The quantitative estimate of drug-likeness (QED) is 0.873. The molecule has 0 fully saturated rings. The summed E-state index contributed by atoms with van der Waals surface area (Å²) in [6, 6.07) is 4.69. The molecule has 2 aromatic rings. The first-order chi connectivity index (χ1) is 10.7. The normalized spacial score (nSPS) is 11.3. The van der Waals surface area contributed by atoms with Gasteiger partial charge in [0.15, 0.2) is 5.13 Å². The fourth-order valence-electron chi connectivity index (χ4n) is 1.79. The molecule has 2 rings (SSSR count). The summed E-state index contributed by atoms with van der Waals surface area (Å²) < 4.78 is 27.3. The van der Waals surface area contributed by atoms with Crippen LogP contribution < -0.4 is 4.72 Å². The molecule has 124 valence electrons. The van der Waals surface area contributed by atoms with Crippen LogP contribution in [0.1, 0.15) is 10.4 Å². The summed E-state index contributed by atoms with van der Waals surface area (Å²) in [5, 5.41) is 0.593. The molecule has 0 unspecified atom stereocenters. The second-order valence-corrected chi connectivity index (χ2v) is 8.24. The molecule has 0 spiro atoms. The number of nitrogens with zero attached hydrogens (tertiary/aromatic N) is 2. The van der Waals surface area contributed by atoms with Gasteiger partial charge in [-0.3, -0.25) is 9.52 Å². The fraction of sp³-hybridized carbons (Fsp3) is 0.286. The van der Waals surface area contributed by atoms with Gasteiger partial charge in [0.2, 0.25) is 5.91 Å². The third-order valence-corrected chi connectivity index (χ3v) is 6.04. The Hall–Kier alpha value is -1.64. The van der Waals surface area contributed by atoms with Crippen LogP contribution in [0.2, 0.25) is 5.02 Å². The van der Waals surface area contributed by atoms with Crippen molar-refractivity contribution >= 4 is 44.0 Å². The number of benzene rings is 1. The van der Waals surface area contributed by atoms with Gasteiger partial charge >= 0.3 is 0 Å². The van der Waals surface area contributed by atoms with Gasteiger partial charge in [0.05, 0.1) is 11.3 Å². The van der Waals surface area contributed by atoms with E-state index in [0.717, 1.165) is 11.3 Å². The smallest absolute Gasteiger partial charge is 0.263 e. The van der Waals surface area contributed by atoms with E-state index < -0.39 is 10.0 Å². The van der Waals surface area contributed by atoms with Crippen LogP contribution >= 0.6 is 22.9 Å². The second kappa shape index (κ2) is 6.86. The Morgan fingerprint density at radius 3 is 2.74 bits per heavy atom. The Morgan fingerprint density at radius 2 is 2.09 bits per heavy atom. The Labute approximate surface area is 144 Å². The van der Waals surface area contributed by atoms with Gasteiger partial charge in [-0.05, 0) is 24.6 Å². The predicted molar refractivity (Wildman–Crippen MR) is 91.5 cm³/mol. The molecule has 0 aliphatic carbocycles. The predicted octanol–water partition coefficient (Wildman–Crippen LogP) is 2.54. The molecule has 1 N–H and O–H groups in total. The molecule has 6 nitrogen and oxygen atoms in total. The number of hydrogen-bond acceptors (Lipinski definition) is 5. The summed E-state index contributed by atoms with van der Waals surface area (Å²) in [6.45, 7) is 1.64. The highest BCUT2D eigenvalue weighted by Gasteiger charge is 2.20. The molecule has 1 aromatic heterocycles. The van der Waals surface area contributed by atoms with Crippen LogP contribution in [0, 0.1) is 6.92 Å². The van der Waals surface area contributed by atoms with E-state index >= 15 is 0 Å². The van der Waals surface area contributed by atoms with Crippen molar-refractivity contribution in [1.29, 1.82) is 0 Å². The first-order valence-electron chi connectivity index (χ1n) is 6.63. The minimum Gasteiger partial charge on any atom is -0.349 e. The first kappa shape index (κ1) is 17.7. The number of carbonyl (C=O) groups excluding carboxylic acids is 1. The third kappa shape index (κ3) is 4.21. The summed E-state index contributed by atoms with van der Waals surface area (Å²) >= 11 is 7.09. The van der Waals surface area contributed by atoms with Crippen LogP contribution in [0.3, 0.4) is 0 Å². The molecule has 0 bridgehead atoms. The molecule has 1 heterocycles. The van der Waals surface area contributed by atoms with Gasteiger partial charge in [0.1, 0.15) is 0 Å². The van der Waals surface area contributed by atoms with Crippen LogP contribution in [0.15, 0.2) is 29.3 Å². The van der Waals surface area contributed by atoms with Gasteiger partial charge in [0.25, 0.3) is 10.0 Å². The Morgan fingerprint density at radius 1 is 1.39 bits per heavy atom. The zero-order valence-corrected chi connectivity index (χ0v) is 15.2. The van der Waals surface area contributed by atoms with Crippen LogP contribution in [0.5, 0.6) is 0 Å². The minimum atomic E-state index is -3.78. The van der Waals surface area contributed by atoms with E-state index in [1.165, 1.54) is 17.2 Å². The summed E-state index contributed by atoms with van der Waals surface area (Å²) in [7, 11) is -0.457. The maximum Gasteiger partial charge on any atom is 0.263 e. The van der Waals surface area contributed by atoms with Gasteiger partial charge < -0.3 is 4.90 Å². The van der Waals surface area contributed by atoms with Crippen molar-refractivity contribution in [2.45, 2.75) is 18.2 Å². The number of thiazole rings is 1. The lowest BCUT2D eigenvalue weighted by Gasteiger charge is -2.09. The Kier molecular flexibility index (Phi) is 5.28. The van der Waals surface area contributed by atoms with Crippen LogP contribution in [0.4, 0.5) is 5.13 Å². The SMILES string of the molecule is Cc1c(Cl)cccc1S(=O)(=O)Nc1ncc(CC(=O)N(C)C)s1. The van der Waals surface area contributed by atoms with Crippen molar-refractivity contribution in [3.63, 3.8) is 0 Å². The number of aromatic nitrogens is 1. The topological polar surface area (TPSA) is 79.4 Å². The van der Waals surface area contributed by atoms with E-state index in [-0.39, 0.29) is 22.4 Å². The monoisotopic (exact) mass is 373 g/mol. The van der Waals surface area contributed by atoms with Gasteiger partial charge in [0, 0.05) is 30.2 Å². The minimum absolute atomic E-state index is 0.0752. The largest absolute Gasteiger partial charge is 0.349 e. The van der Waals surface area contributed by atoms with E-state index in [0.29, 0.717) is 15.5 Å². The number of hydrogen-bond donors (Lipinski definition) is 1. The zero-order valence-electron chi connectivity index (χ0n) is 12.8. The van der Waals surface area contributed by atoms with Crippen LogP contribution in [-0.2, 0) is 21.2 Å². The molecule has 9 heteroatoms. The Balaban J connectivity index is 2.20. The maximum atomic E-state index is 12.4. The Bertz CT molecular complexity index is 832. The first-order valence-corrected chi connectivity index (χ1v) is 9.31. The van der Waals surface area contributed by atoms with Gasteiger partial charge in [-0.25, -0.2) is 13.4 Å². The van der Waals surface area contributed by atoms with E-state index in [1.54, 1.807) is 33.2 Å². The molecule has 0 radical (unpaired) electrons. The summed E-state index contributed by atoms with van der Waals surface area (Å²) in [5.74, 6) is -0.0752. The van der Waals surface area contributed by atoms with Gasteiger partial charge in [-0.1, -0.05) is 17.7 Å². The molecule has 1 amide bonds. The summed E-state index contributed by atoms with van der Waals surface area (Å²) in [6.07, 6.45) is 1.68. The van der Waals surface area contributed by atoms with Crippen LogP contribution in [-0.4, -0.2) is 38.3 Å². The van der Waals surface area contributed by atoms with E-state index in [1.807, 2.05) is 0 Å². The molecule has 0 aliphatic rings. The number of sulfonamides is 1. The van der Waals surface area contributed by atoms with Crippen LogP contribution in [0.25, 0.3) is 0 Å². The highest BCUT2D eigenvalue weighted by atomic mass is 35.5. The fourth-order valence-corrected chi connectivity index (χ4v) is 4.34. The summed E-state index contributed by atoms with van der Waals surface area (Å²) in [5.41, 5.74) is 0.473. The third-order valence-electron chi connectivity index (χ3n) is 3.11. The van der Waals surface area contributed by atoms with Gasteiger partial charge in [-0.2, -0.15) is 0 Å². The number of halogens is 1. The van der Waals surface area contributed by atoms with Crippen molar-refractivity contribution in [3.05, 3.63) is 39.9 Å². The standard InChI is InChI=1S/C14H16ClN3O3S2/c1-9-11(15)5-4-6-12(9)23(20,21)17-14-16-8-10(22-14)7-13(19)18(2)3/h4-6,8H,7H2,1-3H3,(H,16,17). The highest BCUT2D eigenvalue weighted by Crippen LogP contribution is 2.26. The molecular weight excluding hydrogens is 358 g/mol. The number of likely N-dealkylation sites (N-methyl/N-ethyl adjacent to an activating group) is 1. The molecular formula is C14H16ClN3O3S2. The molecule has 23 heavy (non-hydrogen) atoms. The average Bonchev–Trinajstić information content (AvgIpc) is 2.87. The lowest BCUT2D eigenvalue weighted by Crippen LogP contribution is -2.23. The number of amides is 1. The lowest BCUT2D eigenvalue weighted by molar-refractivity contribution is -0.127. The lowest BCUT2D eigenvalue weighted by atomic mass is 10.2. The zero-order chi connectivity index (χ0) is 17.2. The molecule has 1 aromatic carbocycles. The van der Waals surface area contributed by atoms with Crippen molar-refractivity contribution < 1.29 is 13.2 Å². The second-order valence-electron chi connectivity index (χ2n) is 5.07. The highest BCUT2D eigenvalue weighted by molar-refractivity contribution is 7.93. The van der Waals surface area contributed by atoms with Crippen molar-refractivity contribution in [1.82, 2.24) is 9.88 Å². The van der Waals surface area contributed by atoms with E-state index in [9.17, 15) is 13.2 Å². The number of rotatable bonds is 5. The number of nitrogens with one attached hydrogen (secondary N) is 1. The molecule has 0 saturated heterocycles. The maximum absolute atomic E-state index is 12.4. The number of anilines is 1. The molecule has 0 saturated carbocycles. The van der Waals surface area contributed by atoms with E-state index in [2.05, 4.69) is 9.71 Å². The average molecular weight is 374 g/mol. The van der Waals surface area contributed by atoms with Crippen molar-refractivity contribution in [2.24, 2.45) is 0 Å². The van der Waals surface area contributed by atoms with Crippen molar-refractivity contribution in [3.8, 4) is 0 Å². The van der Waals surface area contributed by atoms with E-state index in [4.69, 9.17) is 11.6 Å². The van der Waals surface area contributed by atoms with Crippen molar-refractivity contribution in [2.75, 3.05) is 18.8 Å². The molecule has 0 atom stereocenters.